The van der Waals surface area contributed by atoms with Crippen molar-refractivity contribution in [2.75, 3.05) is 0 Å². The molecule has 2 unspecified atom stereocenters. The molecule has 2 atom stereocenters. The van der Waals surface area contributed by atoms with E-state index in [-0.39, 0.29) is 34.4 Å². The number of carbonyl (C=O) groups excluding carboxylic acids is 1. The summed E-state index contributed by atoms with van der Waals surface area (Å²) in [6.07, 6.45) is 4.27. The van der Waals surface area contributed by atoms with Crippen LogP contribution in [-0.4, -0.2) is 34.8 Å². The maximum absolute atomic E-state index is 12.9. The van der Waals surface area contributed by atoms with E-state index in [0.717, 1.165) is 47.8 Å². The van der Waals surface area contributed by atoms with Crippen LogP contribution in [0.1, 0.15) is 76.0 Å². The summed E-state index contributed by atoms with van der Waals surface area (Å²) in [7, 11) is 1.79. The van der Waals surface area contributed by atoms with Crippen LogP contribution in [0, 0.1) is 10.8 Å². The number of hydrogen-bond donors (Lipinski definition) is 1. The van der Waals surface area contributed by atoms with Gasteiger partial charge in [0, 0.05) is 31.2 Å². The van der Waals surface area contributed by atoms with Gasteiger partial charge in [0.2, 0.25) is 0 Å². The van der Waals surface area contributed by atoms with Crippen molar-refractivity contribution in [1.29, 1.82) is 0 Å². The van der Waals surface area contributed by atoms with Gasteiger partial charge in [0.25, 0.3) is 5.91 Å². The van der Waals surface area contributed by atoms with Gasteiger partial charge >= 0.3 is 5.69 Å². The number of amides is 1. The van der Waals surface area contributed by atoms with Crippen LogP contribution in [0.15, 0.2) is 23.1 Å². The molecule has 3 aromatic rings. The Morgan fingerprint density at radius 1 is 1.31 bits per heavy atom. The van der Waals surface area contributed by atoms with Crippen molar-refractivity contribution in [3.8, 4) is 0 Å². The minimum Gasteiger partial charge on any atom is -0.347 e. The number of rotatable bonds is 4. The number of nitrogens with zero attached hydrogens (tertiary/aromatic N) is 5. The van der Waals surface area contributed by atoms with E-state index in [1.54, 1.807) is 11.6 Å². The number of aromatic nitrogens is 5. The molecule has 0 aromatic carbocycles. The molecule has 1 amide bonds. The average Bonchev–Trinajstić information content (AvgIpc) is 3.33. The summed E-state index contributed by atoms with van der Waals surface area (Å²) in [4.78, 5) is 30.4. The first kappa shape index (κ1) is 22.6. The van der Waals surface area contributed by atoms with E-state index in [1.807, 2.05) is 16.7 Å². The molecular formula is C23H32N6O2S. The molecule has 1 aliphatic carbocycles. The molecular weight excluding hydrogens is 424 g/mol. The molecule has 0 aliphatic heterocycles. The van der Waals surface area contributed by atoms with Crippen molar-refractivity contribution < 1.29 is 4.79 Å². The van der Waals surface area contributed by atoms with Gasteiger partial charge in [0.15, 0.2) is 11.3 Å². The van der Waals surface area contributed by atoms with E-state index in [4.69, 9.17) is 4.98 Å². The van der Waals surface area contributed by atoms with Crippen molar-refractivity contribution >= 4 is 28.8 Å². The van der Waals surface area contributed by atoms with E-state index in [2.05, 4.69) is 48.7 Å². The predicted octanol–water partition coefficient (Wildman–Crippen LogP) is 3.72. The predicted molar refractivity (Wildman–Crippen MR) is 126 cm³/mol. The Hall–Kier alpha value is -2.55. The van der Waals surface area contributed by atoms with Crippen LogP contribution < -0.4 is 11.0 Å². The zero-order chi connectivity index (χ0) is 23.3. The second-order valence-electron chi connectivity index (χ2n) is 10.8. The quantitative estimate of drug-likeness (QED) is 0.646. The van der Waals surface area contributed by atoms with Crippen LogP contribution >= 0.6 is 11.7 Å². The van der Waals surface area contributed by atoms with Crippen LogP contribution in [0.25, 0.3) is 11.2 Å². The van der Waals surface area contributed by atoms with Crippen molar-refractivity contribution in [3.05, 3.63) is 40.2 Å². The summed E-state index contributed by atoms with van der Waals surface area (Å²) in [5.74, 6) is 0.0369. The summed E-state index contributed by atoms with van der Waals surface area (Å²) in [6, 6.07) is 4.08. The summed E-state index contributed by atoms with van der Waals surface area (Å²) in [5.41, 5.74) is 2.86. The number of hydrogen-bond acceptors (Lipinski definition) is 6. The zero-order valence-corrected chi connectivity index (χ0v) is 20.5. The Labute approximate surface area is 192 Å². The third kappa shape index (κ3) is 4.35. The van der Waals surface area contributed by atoms with Gasteiger partial charge in [-0.1, -0.05) is 34.6 Å². The molecule has 0 radical (unpaired) electrons. The molecule has 1 N–H and O–H groups in total. The molecule has 0 spiro atoms. The maximum atomic E-state index is 12.9. The fourth-order valence-electron chi connectivity index (χ4n) is 4.60. The molecule has 1 saturated carbocycles. The molecule has 172 valence electrons. The third-order valence-corrected chi connectivity index (χ3v) is 7.03. The Balaban J connectivity index is 1.61. The smallest absolute Gasteiger partial charge is 0.330 e. The van der Waals surface area contributed by atoms with Gasteiger partial charge in [-0.2, -0.15) is 8.75 Å². The van der Waals surface area contributed by atoms with Crippen LogP contribution in [0.3, 0.4) is 0 Å². The number of aryl methyl sites for hydroxylation is 1. The zero-order valence-electron chi connectivity index (χ0n) is 19.7. The summed E-state index contributed by atoms with van der Waals surface area (Å²) < 4.78 is 11.5. The van der Waals surface area contributed by atoms with E-state index in [9.17, 15) is 9.59 Å². The van der Waals surface area contributed by atoms with Gasteiger partial charge in [-0.25, -0.2) is 9.78 Å². The Kier molecular flexibility index (Phi) is 5.73. The minimum atomic E-state index is -0.178. The maximum Gasteiger partial charge on any atom is 0.330 e. The second kappa shape index (κ2) is 8.10. The van der Waals surface area contributed by atoms with Crippen molar-refractivity contribution in [2.24, 2.45) is 17.9 Å². The molecule has 9 heteroatoms. The summed E-state index contributed by atoms with van der Waals surface area (Å²) in [6.45, 7) is 11.4. The van der Waals surface area contributed by atoms with Gasteiger partial charge in [0.05, 0.1) is 23.4 Å². The molecule has 4 rings (SSSR count). The topological polar surface area (TPSA) is 94.7 Å². The number of carbonyl (C=O) groups is 1. The highest BCUT2D eigenvalue weighted by molar-refractivity contribution is 6.99. The van der Waals surface area contributed by atoms with Gasteiger partial charge in [0.1, 0.15) is 0 Å². The number of fused-ring (bicyclic) bond motifs is 1. The first-order valence-electron chi connectivity index (χ1n) is 11.1. The average molecular weight is 457 g/mol. The number of pyridine rings is 1. The SMILES string of the molecule is Cn1c(=O)n(CC(C)(C)C)c2ccc(C3CCC(C)(C)C(NC(=O)c4cnsn4)C3)nc21. The third-order valence-electron chi connectivity index (χ3n) is 6.55. The van der Waals surface area contributed by atoms with Crippen molar-refractivity contribution in [2.45, 2.75) is 72.4 Å². The Bertz CT molecular complexity index is 1190. The second-order valence-corrected chi connectivity index (χ2v) is 11.4. The standard InChI is InChI=1S/C23H32N6O2S/c1-22(2,3)13-29-17-8-7-15(25-19(17)28(6)21(29)31)14-9-10-23(4,5)18(11-14)26-20(30)16-12-24-32-27-16/h7-8,12,14,18H,9-11,13H2,1-6H3,(H,26,30). The lowest BCUT2D eigenvalue weighted by Gasteiger charge is -2.42. The van der Waals surface area contributed by atoms with Crippen molar-refractivity contribution in [3.63, 3.8) is 0 Å². The first-order valence-corrected chi connectivity index (χ1v) is 11.8. The monoisotopic (exact) mass is 456 g/mol. The molecule has 3 heterocycles. The minimum absolute atomic E-state index is 0.00209. The van der Waals surface area contributed by atoms with E-state index < -0.39 is 0 Å². The summed E-state index contributed by atoms with van der Waals surface area (Å²) in [5, 5.41) is 3.18. The number of nitrogens with one attached hydrogen (secondary N) is 1. The highest BCUT2D eigenvalue weighted by Crippen LogP contribution is 2.42. The lowest BCUT2D eigenvalue weighted by molar-refractivity contribution is 0.0832. The van der Waals surface area contributed by atoms with E-state index >= 15 is 0 Å². The van der Waals surface area contributed by atoms with Crippen LogP contribution in [0.2, 0.25) is 0 Å². The molecule has 0 bridgehead atoms. The lowest BCUT2D eigenvalue weighted by atomic mass is 9.68. The normalized spacial score (nSPS) is 21.1. The highest BCUT2D eigenvalue weighted by atomic mass is 32.1. The van der Waals surface area contributed by atoms with E-state index in [1.165, 1.54) is 6.20 Å². The van der Waals surface area contributed by atoms with Crippen molar-refractivity contribution in [1.82, 2.24) is 28.2 Å². The van der Waals surface area contributed by atoms with Crippen LogP contribution in [0.4, 0.5) is 0 Å². The molecule has 8 nitrogen and oxygen atoms in total. The fraction of sp³-hybridized carbons (Fsp3) is 0.609. The Morgan fingerprint density at radius 3 is 2.72 bits per heavy atom. The first-order chi connectivity index (χ1) is 15.0. The summed E-state index contributed by atoms with van der Waals surface area (Å²) >= 11 is 1.04. The van der Waals surface area contributed by atoms with Gasteiger partial charge in [-0.05, 0) is 42.2 Å². The molecule has 1 aliphatic rings. The van der Waals surface area contributed by atoms with E-state index in [0.29, 0.717) is 12.2 Å². The van der Waals surface area contributed by atoms with Crippen LogP contribution in [0.5, 0.6) is 0 Å². The lowest BCUT2D eigenvalue weighted by Crippen LogP contribution is -2.48. The number of imidazole rings is 1. The molecule has 32 heavy (non-hydrogen) atoms. The van der Waals surface area contributed by atoms with Gasteiger partial charge < -0.3 is 5.32 Å². The largest absolute Gasteiger partial charge is 0.347 e. The van der Waals surface area contributed by atoms with Gasteiger partial charge in [-0.3, -0.25) is 13.9 Å². The van der Waals surface area contributed by atoms with Crippen LogP contribution in [-0.2, 0) is 13.6 Å². The molecule has 1 fully saturated rings. The highest BCUT2D eigenvalue weighted by Gasteiger charge is 2.38. The molecule has 0 saturated heterocycles. The Morgan fingerprint density at radius 2 is 2.06 bits per heavy atom. The molecule has 3 aromatic heterocycles. The van der Waals surface area contributed by atoms with Gasteiger partial charge in [-0.15, -0.1) is 0 Å². The fourth-order valence-corrected chi connectivity index (χ4v) is 5.02.